The number of nitrogens with zero attached hydrogens (tertiary/aromatic N) is 3. The van der Waals surface area contributed by atoms with Crippen molar-refractivity contribution in [3.8, 4) is 5.75 Å². The first-order valence-electron chi connectivity index (χ1n) is 10.8. The number of rotatable bonds is 6. The molecule has 0 radical (unpaired) electrons. The van der Waals surface area contributed by atoms with Crippen LogP contribution in [-0.2, 0) is 19.3 Å². The number of thioether (sulfide) groups is 1. The first-order valence-corrected chi connectivity index (χ1v) is 11.8. The Morgan fingerprint density at radius 2 is 1.73 bits per heavy atom. The van der Waals surface area contributed by atoms with Gasteiger partial charge in [-0.2, -0.15) is 0 Å². The second-order valence-corrected chi connectivity index (χ2v) is 9.13. The van der Waals surface area contributed by atoms with Crippen molar-refractivity contribution in [3.05, 3.63) is 99.8 Å². The lowest BCUT2D eigenvalue weighted by Crippen LogP contribution is -2.25. The maximum Gasteiger partial charge on any atom is 0.279 e. The van der Waals surface area contributed by atoms with E-state index in [0.717, 1.165) is 28.0 Å². The minimum Gasteiger partial charge on any atom is -0.497 e. The number of benzene rings is 3. The molecule has 3 aromatic carbocycles. The molecule has 33 heavy (non-hydrogen) atoms. The minimum absolute atomic E-state index is 0.0343. The normalized spacial score (nSPS) is 11.4. The Labute approximate surface area is 196 Å². The van der Waals surface area contributed by atoms with Crippen molar-refractivity contribution in [2.75, 3.05) is 7.11 Å². The molecule has 0 saturated heterocycles. The van der Waals surface area contributed by atoms with Gasteiger partial charge >= 0.3 is 0 Å². The van der Waals surface area contributed by atoms with Gasteiger partial charge in [0.05, 0.1) is 19.2 Å². The molecule has 6 heteroatoms. The van der Waals surface area contributed by atoms with Crippen LogP contribution in [0.15, 0.2) is 82.7 Å². The van der Waals surface area contributed by atoms with Gasteiger partial charge in [-0.05, 0) is 36.2 Å². The summed E-state index contributed by atoms with van der Waals surface area (Å²) < 4.78 is 9.17. The van der Waals surface area contributed by atoms with Crippen LogP contribution in [0.1, 0.15) is 16.7 Å². The Morgan fingerprint density at radius 1 is 0.970 bits per heavy atom. The number of fused-ring (bicyclic) bond motifs is 3. The highest BCUT2D eigenvalue weighted by Crippen LogP contribution is 2.31. The van der Waals surface area contributed by atoms with E-state index >= 15 is 0 Å². The molecule has 0 N–H and O–H groups in total. The molecule has 0 amide bonds. The van der Waals surface area contributed by atoms with Crippen molar-refractivity contribution >= 4 is 33.7 Å². The molecule has 0 unspecified atom stereocenters. The Morgan fingerprint density at radius 3 is 2.45 bits per heavy atom. The Kier molecular flexibility index (Phi) is 5.68. The molecule has 0 saturated carbocycles. The third-order valence-electron chi connectivity index (χ3n) is 5.94. The molecule has 5 nitrogen and oxygen atoms in total. The van der Waals surface area contributed by atoms with Crippen LogP contribution >= 0.6 is 11.8 Å². The summed E-state index contributed by atoms with van der Waals surface area (Å²) >= 11 is 1.59. The highest BCUT2D eigenvalue weighted by molar-refractivity contribution is 7.98. The Balaban J connectivity index is 1.68. The van der Waals surface area contributed by atoms with E-state index < -0.39 is 0 Å². The number of aryl methyl sites for hydroxylation is 2. The van der Waals surface area contributed by atoms with Crippen molar-refractivity contribution in [2.45, 2.75) is 24.4 Å². The van der Waals surface area contributed by atoms with E-state index in [9.17, 15) is 4.79 Å². The summed E-state index contributed by atoms with van der Waals surface area (Å²) in [7, 11) is 3.57. The van der Waals surface area contributed by atoms with Gasteiger partial charge in [-0.1, -0.05) is 71.9 Å². The predicted molar refractivity (Wildman–Crippen MR) is 135 cm³/mol. The highest BCUT2D eigenvalue weighted by atomic mass is 32.2. The fourth-order valence-electron chi connectivity index (χ4n) is 4.11. The van der Waals surface area contributed by atoms with Crippen LogP contribution < -0.4 is 10.3 Å². The maximum atomic E-state index is 13.8. The van der Waals surface area contributed by atoms with E-state index in [-0.39, 0.29) is 5.56 Å². The molecular weight excluding hydrogens is 430 g/mol. The molecule has 2 heterocycles. The lowest BCUT2D eigenvalue weighted by molar-refractivity contribution is 0.415. The summed E-state index contributed by atoms with van der Waals surface area (Å²) in [5.41, 5.74) is 5.74. The lowest BCUT2D eigenvalue weighted by Gasteiger charge is -2.13. The van der Waals surface area contributed by atoms with Crippen molar-refractivity contribution in [3.63, 3.8) is 0 Å². The number of hydrogen-bond donors (Lipinski definition) is 0. The van der Waals surface area contributed by atoms with Gasteiger partial charge in [0.15, 0.2) is 5.16 Å². The van der Waals surface area contributed by atoms with Crippen LogP contribution in [0, 0.1) is 6.92 Å². The number of hydrogen-bond acceptors (Lipinski definition) is 4. The van der Waals surface area contributed by atoms with E-state index in [1.807, 2.05) is 60.1 Å². The predicted octanol–water partition coefficient (Wildman–Crippen LogP) is 5.55. The average Bonchev–Trinajstić information content (AvgIpc) is 3.12. The molecule has 0 atom stereocenters. The molecule has 0 spiro atoms. The van der Waals surface area contributed by atoms with Crippen LogP contribution in [0.5, 0.6) is 5.75 Å². The second-order valence-electron chi connectivity index (χ2n) is 8.18. The quantitative estimate of drug-likeness (QED) is 0.249. The molecule has 0 aliphatic carbocycles. The van der Waals surface area contributed by atoms with Crippen molar-refractivity contribution in [1.29, 1.82) is 0 Å². The largest absolute Gasteiger partial charge is 0.497 e. The summed E-state index contributed by atoms with van der Waals surface area (Å²) in [4.78, 5) is 18.9. The number of ether oxygens (including phenoxy) is 1. The van der Waals surface area contributed by atoms with Gasteiger partial charge in [-0.3, -0.25) is 9.36 Å². The molecule has 0 aliphatic rings. The van der Waals surface area contributed by atoms with Gasteiger partial charge in [0.1, 0.15) is 16.8 Å². The standard InChI is InChI=1S/C27H25N3O2S/c1-18-9-11-20(12-10-18)17-33-27-28-24-22-15-21(32-3)13-14-23(22)29(2)25(24)26(31)30(27)16-19-7-5-4-6-8-19/h4-15H,16-17H2,1-3H3. The first kappa shape index (κ1) is 21.3. The minimum atomic E-state index is -0.0343. The average molecular weight is 456 g/mol. The summed E-state index contributed by atoms with van der Waals surface area (Å²) in [6.07, 6.45) is 0. The molecule has 0 fully saturated rings. The van der Waals surface area contributed by atoms with Gasteiger partial charge in [0, 0.05) is 18.2 Å². The fraction of sp³-hybridized carbons (Fsp3) is 0.185. The molecule has 166 valence electrons. The van der Waals surface area contributed by atoms with Gasteiger partial charge < -0.3 is 9.30 Å². The van der Waals surface area contributed by atoms with E-state index in [0.29, 0.717) is 22.7 Å². The molecule has 0 aliphatic heterocycles. The third-order valence-corrected chi connectivity index (χ3v) is 6.99. The van der Waals surface area contributed by atoms with Gasteiger partial charge in [0.25, 0.3) is 5.56 Å². The van der Waals surface area contributed by atoms with Crippen LogP contribution in [0.4, 0.5) is 0 Å². The van der Waals surface area contributed by atoms with Gasteiger partial charge in [-0.15, -0.1) is 0 Å². The fourth-order valence-corrected chi connectivity index (χ4v) is 5.05. The van der Waals surface area contributed by atoms with Crippen LogP contribution in [0.25, 0.3) is 21.9 Å². The summed E-state index contributed by atoms with van der Waals surface area (Å²) in [5, 5.41) is 1.64. The first-order chi connectivity index (χ1) is 16.0. The molecule has 5 rings (SSSR count). The number of methoxy groups -OCH3 is 1. The lowest BCUT2D eigenvalue weighted by atomic mass is 10.2. The van der Waals surface area contributed by atoms with Gasteiger partial charge in [0.2, 0.25) is 0 Å². The maximum absolute atomic E-state index is 13.8. The van der Waals surface area contributed by atoms with Gasteiger partial charge in [-0.25, -0.2) is 4.98 Å². The molecule has 2 aromatic heterocycles. The Bertz CT molecular complexity index is 1500. The second kappa shape index (κ2) is 8.79. The zero-order valence-electron chi connectivity index (χ0n) is 18.9. The van der Waals surface area contributed by atoms with Crippen molar-refractivity contribution < 1.29 is 4.74 Å². The third kappa shape index (κ3) is 4.02. The monoisotopic (exact) mass is 455 g/mol. The van der Waals surface area contributed by atoms with E-state index in [1.54, 1.807) is 23.4 Å². The van der Waals surface area contributed by atoms with Crippen molar-refractivity contribution in [2.24, 2.45) is 7.05 Å². The SMILES string of the molecule is COc1ccc2c(c1)c1nc(SCc3ccc(C)cc3)n(Cc3ccccc3)c(=O)c1n2C. The molecule has 0 bridgehead atoms. The summed E-state index contributed by atoms with van der Waals surface area (Å²) in [6, 6.07) is 24.4. The topological polar surface area (TPSA) is 49.1 Å². The van der Waals surface area contributed by atoms with Crippen molar-refractivity contribution in [1.82, 2.24) is 14.1 Å². The number of aromatic nitrogens is 3. The van der Waals surface area contributed by atoms with E-state index in [1.165, 1.54) is 11.1 Å². The smallest absolute Gasteiger partial charge is 0.279 e. The summed E-state index contributed by atoms with van der Waals surface area (Å²) in [6.45, 7) is 2.56. The van der Waals surface area contributed by atoms with E-state index in [4.69, 9.17) is 9.72 Å². The van der Waals surface area contributed by atoms with Crippen LogP contribution in [-0.4, -0.2) is 21.2 Å². The Hall–Kier alpha value is -3.51. The van der Waals surface area contributed by atoms with Crippen LogP contribution in [0.3, 0.4) is 0 Å². The molecular formula is C27H25N3O2S. The zero-order valence-corrected chi connectivity index (χ0v) is 19.7. The summed E-state index contributed by atoms with van der Waals surface area (Å²) in [5.74, 6) is 1.49. The molecule has 5 aromatic rings. The van der Waals surface area contributed by atoms with Crippen LogP contribution in [0.2, 0.25) is 0 Å². The van der Waals surface area contributed by atoms with E-state index in [2.05, 4.69) is 31.2 Å². The zero-order chi connectivity index (χ0) is 22.9. The highest BCUT2D eigenvalue weighted by Gasteiger charge is 2.19.